The number of nitrogens with zero attached hydrogens (tertiary/aromatic N) is 2. The maximum atomic E-state index is 12.1. The predicted molar refractivity (Wildman–Crippen MR) is 127 cm³/mol. The molecule has 0 saturated heterocycles. The fourth-order valence-electron chi connectivity index (χ4n) is 2.75. The van der Waals surface area contributed by atoms with Gasteiger partial charge in [0, 0.05) is 18.3 Å². The summed E-state index contributed by atoms with van der Waals surface area (Å²) in [5.41, 5.74) is -0.0505. The van der Waals surface area contributed by atoms with Crippen LogP contribution in [0.4, 0.5) is 5.13 Å². The zero-order chi connectivity index (χ0) is 22.5. The van der Waals surface area contributed by atoms with Gasteiger partial charge in [0.25, 0.3) is 0 Å². The first kappa shape index (κ1) is 25.5. The second-order valence-corrected chi connectivity index (χ2v) is 10.7. The Kier molecular flexibility index (Phi) is 11.2. The van der Waals surface area contributed by atoms with Gasteiger partial charge in [0.1, 0.15) is 12.0 Å². The Bertz CT molecular complexity index is 799. The van der Waals surface area contributed by atoms with Gasteiger partial charge in [0.05, 0.1) is 22.4 Å². The second-order valence-electron chi connectivity index (χ2n) is 8.41. The Morgan fingerprint density at radius 1 is 1.13 bits per heavy atom. The summed E-state index contributed by atoms with van der Waals surface area (Å²) in [6.45, 7) is 8.07. The molecule has 9 heteroatoms. The average molecular weight is 467 g/mol. The van der Waals surface area contributed by atoms with Crippen LogP contribution in [0.5, 0.6) is 0 Å². The number of hydrogen-bond acceptors (Lipinski definition) is 8. The van der Waals surface area contributed by atoms with Crippen LogP contribution < -0.4 is 10.6 Å². The highest BCUT2D eigenvalue weighted by Gasteiger charge is 2.19. The van der Waals surface area contributed by atoms with Gasteiger partial charge < -0.3 is 19.8 Å². The first-order valence-electron chi connectivity index (χ1n) is 10.9. The number of hydrogen-bond donors (Lipinski definition) is 2. The number of anilines is 1. The number of thioether (sulfide) groups is 1. The van der Waals surface area contributed by atoms with Crippen molar-refractivity contribution >= 4 is 40.4 Å². The van der Waals surface area contributed by atoms with Gasteiger partial charge in [-0.05, 0) is 32.4 Å². The number of aldehydes is 1. The van der Waals surface area contributed by atoms with E-state index in [4.69, 9.17) is 4.42 Å². The van der Waals surface area contributed by atoms with Gasteiger partial charge in [-0.15, -0.1) is 11.8 Å². The Hall–Kier alpha value is -1.71. The lowest BCUT2D eigenvalue weighted by Gasteiger charge is -2.12. The first-order chi connectivity index (χ1) is 14.9. The summed E-state index contributed by atoms with van der Waals surface area (Å²) in [6, 6.07) is 0. The molecule has 1 amide bonds. The minimum absolute atomic E-state index is 0.0101. The van der Waals surface area contributed by atoms with Crippen LogP contribution in [0.1, 0.15) is 77.4 Å². The molecule has 0 bridgehead atoms. The third-order valence-corrected chi connectivity index (χ3v) is 6.64. The molecule has 0 radical (unpaired) electrons. The number of aromatic nitrogens is 2. The van der Waals surface area contributed by atoms with Crippen molar-refractivity contribution in [3.05, 3.63) is 24.0 Å². The van der Waals surface area contributed by atoms with E-state index in [2.05, 4.69) is 41.4 Å². The van der Waals surface area contributed by atoms with Gasteiger partial charge in [0.2, 0.25) is 11.8 Å². The van der Waals surface area contributed by atoms with E-state index >= 15 is 0 Å². The van der Waals surface area contributed by atoms with Crippen molar-refractivity contribution in [1.29, 1.82) is 0 Å². The number of thiazole rings is 1. The summed E-state index contributed by atoms with van der Waals surface area (Å²) in [5.74, 6) is 2.20. The summed E-state index contributed by atoms with van der Waals surface area (Å²) >= 11 is 3.07. The van der Waals surface area contributed by atoms with E-state index in [1.807, 2.05) is 0 Å². The molecule has 0 aliphatic rings. The van der Waals surface area contributed by atoms with Gasteiger partial charge in [0.15, 0.2) is 5.13 Å². The van der Waals surface area contributed by atoms with E-state index < -0.39 is 0 Å². The molecule has 2 aromatic heterocycles. The van der Waals surface area contributed by atoms with Crippen LogP contribution >= 0.6 is 23.1 Å². The van der Waals surface area contributed by atoms with Crippen molar-refractivity contribution in [2.45, 2.75) is 81.1 Å². The molecule has 2 heterocycles. The fourth-order valence-corrected chi connectivity index (χ4v) is 4.49. The lowest BCUT2D eigenvalue weighted by molar-refractivity contribution is -0.116. The molecular formula is C22H34N4O3S2. The van der Waals surface area contributed by atoms with Crippen LogP contribution in [0.15, 0.2) is 21.0 Å². The zero-order valence-electron chi connectivity index (χ0n) is 18.7. The largest absolute Gasteiger partial charge is 0.444 e. The maximum Gasteiger partial charge on any atom is 0.226 e. The highest BCUT2D eigenvalue weighted by molar-refractivity contribution is 8.00. The van der Waals surface area contributed by atoms with E-state index in [1.165, 1.54) is 11.3 Å². The molecule has 7 nitrogen and oxygen atoms in total. The van der Waals surface area contributed by atoms with E-state index in [-0.39, 0.29) is 11.3 Å². The molecule has 172 valence electrons. The van der Waals surface area contributed by atoms with Crippen LogP contribution in [0, 0.1) is 0 Å². The highest BCUT2D eigenvalue weighted by Crippen LogP contribution is 2.31. The molecule has 0 spiro atoms. The standard InChI is InChI=1S/C22H34N4O3S2/c1-22(2,3)17-14-24-19(29-17)16-30-20-15-25-21(31-20)26-18(28)10-9-12-23-11-7-5-4-6-8-13-27/h13-15,23H,4-12,16H2,1-3H3,(H,25,26,28). The molecule has 0 aliphatic heterocycles. The Balaban J connectivity index is 1.57. The second kappa shape index (κ2) is 13.6. The van der Waals surface area contributed by atoms with Crippen LogP contribution in [0.3, 0.4) is 0 Å². The third kappa shape index (κ3) is 10.4. The summed E-state index contributed by atoms with van der Waals surface area (Å²) in [4.78, 5) is 31.0. The van der Waals surface area contributed by atoms with Crippen molar-refractivity contribution in [2.75, 3.05) is 18.4 Å². The smallest absolute Gasteiger partial charge is 0.226 e. The molecule has 31 heavy (non-hydrogen) atoms. The summed E-state index contributed by atoms with van der Waals surface area (Å²) in [5, 5.41) is 6.86. The molecule has 0 saturated carbocycles. The van der Waals surface area contributed by atoms with Crippen molar-refractivity contribution in [3.8, 4) is 0 Å². The van der Waals surface area contributed by atoms with Gasteiger partial charge in [-0.3, -0.25) is 4.79 Å². The number of carbonyl (C=O) groups excluding carboxylic acids is 2. The molecule has 2 N–H and O–H groups in total. The topological polar surface area (TPSA) is 97.1 Å². The SMILES string of the molecule is CC(C)(C)c1cnc(CSc2cnc(NC(=O)CCCNCCCCCCC=O)s2)o1. The Labute approximate surface area is 193 Å². The van der Waals surface area contributed by atoms with Gasteiger partial charge in [-0.25, -0.2) is 9.97 Å². The van der Waals surface area contributed by atoms with Gasteiger partial charge >= 0.3 is 0 Å². The van der Waals surface area contributed by atoms with Crippen molar-refractivity contribution < 1.29 is 14.0 Å². The number of oxazole rings is 1. The molecule has 2 aromatic rings. The highest BCUT2D eigenvalue weighted by atomic mass is 32.2. The molecule has 2 rings (SSSR count). The van der Waals surface area contributed by atoms with Crippen LogP contribution in [0.25, 0.3) is 0 Å². The van der Waals surface area contributed by atoms with Crippen LogP contribution in [0.2, 0.25) is 0 Å². The fraction of sp³-hybridized carbons (Fsp3) is 0.636. The molecule has 0 unspecified atom stereocenters. The third-order valence-electron chi connectivity index (χ3n) is 4.54. The van der Waals surface area contributed by atoms with E-state index in [1.54, 1.807) is 24.2 Å². The molecular weight excluding hydrogens is 432 g/mol. The lowest BCUT2D eigenvalue weighted by atomic mass is 9.94. The summed E-state index contributed by atoms with van der Waals surface area (Å²) in [7, 11) is 0. The first-order valence-corrected chi connectivity index (χ1v) is 12.7. The molecule has 0 fully saturated rings. The number of carbonyl (C=O) groups is 2. The van der Waals surface area contributed by atoms with Gasteiger partial charge in [-0.2, -0.15) is 0 Å². The summed E-state index contributed by atoms with van der Waals surface area (Å²) < 4.78 is 6.82. The van der Waals surface area contributed by atoms with Crippen LogP contribution in [-0.2, 0) is 20.8 Å². The number of unbranched alkanes of at least 4 members (excludes halogenated alkanes) is 4. The monoisotopic (exact) mass is 466 g/mol. The van der Waals surface area contributed by atoms with E-state index in [9.17, 15) is 9.59 Å². The van der Waals surface area contributed by atoms with Crippen LogP contribution in [-0.4, -0.2) is 35.3 Å². The quantitative estimate of drug-likeness (QED) is 0.212. The maximum absolute atomic E-state index is 12.1. The lowest BCUT2D eigenvalue weighted by Crippen LogP contribution is -2.19. The van der Waals surface area contributed by atoms with E-state index in [0.29, 0.717) is 29.6 Å². The van der Waals surface area contributed by atoms with Crippen molar-refractivity contribution in [3.63, 3.8) is 0 Å². The van der Waals surface area contributed by atoms with Gasteiger partial charge in [-0.1, -0.05) is 44.9 Å². The van der Waals surface area contributed by atoms with E-state index in [0.717, 1.165) is 61.4 Å². The Morgan fingerprint density at radius 3 is 2.65 bits per heavy atom. The minimum Gasteiger partial charge on any atom is -0.444 e. The minimum atomic E-state index is -0.0505. The predicted octanol–water partition coefficient (Wildman–Crippen LogP) is 5.18. The molecule has 0 aliphatic carbocycles. The number of rotatable bonds is 15. The Morgan fingerprint density at radius 2 is 1.90 bits per heavy atom. The number of nitrogens with one attached hydrogen (secondary N) is 2. The summed E-state index contributed by atoms with van der Waals surface area (Å²) in [6.07, 6.45) is 10.8. The molecule has 0 atom stereocenters. The number of amides is 1. The molecule has 0 aromatic carbocycles. The van der Waals surface area contributed by atoms with Crippen molar-refractivity contribution in [2.24, 2.45) is 0 Å². The normalized spacial score (nSPS) is 11.6. The van der Waals surface area contributed by atoms with Crippen molar-refractivity contribution in [1.82, 2.24) is 15.3 Å². The average Bonchev–Trinajstić information content (AvgIpc) is 3.37. The zero-order valence-corrected chi connectivity index (χ0v) is 20.4.